The summed E-state index contributed by atoms with van der Waals surface area (Å²) in [6.45, 7) is 6.24. The van der Waals surface area contributed by atoms with Gasteiger partial charge in [-0.15, -0.1) is 0 Å². The molecule has 65 heavy (non-hydrogen) atoms. The highest BCUT2D eigenvalue weighted by atomic mass is 19.1. The molecule has 0 radical (unpaired) electrons. The molecule has 3 saturated heterocycles. The van der Waals surface area contributed by atoms with Gasteiger partial charge in [0.05, 0.1) is 59.3 Å². The summed E-state index contributed by atoms with van der Waals surface area (Å²) < 4.78 is 63.1. The van der Waals surface area contributed by atoms with E-state index in [-0.39, 0.29) is 42.3 Å². The molecule has 4 aliphatic heterocycles. The van der Waals surface area contributed by atoms with Crippen LogP contribution in [-0.4, -0.2) is 112 Å². The lowest BCUT2D eigenvalue weighted by atomic mass is 9.89. The summed E-state index contributed by atoms with van der Waals surface area (Å²) in [5.41, 5.74) is 4.13. The molecule has 10 rings (SSSR count). The maximum Gasteiger partial charge on any atom is 0.258 e. The number of benzene rings is 2. The second-order valence-corrected chi connectivity index (χ2v) is 18.4. The fourth-order valence-electron chi connectivity index (χ4n) is 10.9. The standard InChI is InChI=1S/C47H53F3N10O5/c1-26-14-29-16-38(52-26)34-21-51-56(2)46(34)65-24-28-5-4-27(15-28)22-60-41-20-40(35(48)19-39(41)53-47(60)55-44(29)62)58-12-13-59(32(23-58)25-64-3)30-8-10-57(11-9-30)31-17-36(49)43(37(50)18-31)33-6-7-42(61)54-45(33)63/h14,16-21,27-28,30,32-33H,4-13,15,22-25H2,1-3H3,(H,53,55,62)(H,54,61,63)/t27-,28+,32+,33-/m1/s1. The Kier molecular flexibility index (Phi) is 11.5. The first-order chi connectivity index (χ1) is 31.4. The van der Waals surface area contributed by atoms with Gasteiger partial charge in [0.25, 0.3) is 5.91 Å². The van der Waals surface area contributed by atoms with Crippen LogP contribution in [0.5, 0.6) is 5.88 Å². The quantitative estimate of drug-likeness (QED) is 0.195. The van der Waals surface area contributed by atoms with E-state index < -0.39 is 35.2 Å². The first-order valence-corrected chi connectivity index (χ1v) is 22.6. The van der Waals surface area contributed by atoms with E-state index in [2.05, 4.69) is 25.5 Å². The van der Waals surface area contributed by atoms with Crippen molar-refractivity contribution in [2.75, 3.05) is 68.2 Å². The Balaban J connectivity index is 0.873. The van der Waals surface area contributed by atoms with Crippen molar-refractivity contribution in [2.24, 2.45) is 18.9 Å². The lowest BCUT2D eigenvalue weighted by molar-refractivity contribution is -0.134. The van der Waals surface area contributed by atoms with E-state index in [1.165, 1.54) is 18.2 Å². The van der Waals surface area contributed by atoms with Gasteiger partial charge in [-0.25, -0.2) is 22.8 Å². The minimum absolute atomic E-state index is 0.0296. The van der Waals surface area contributed by atoms with Gasteiger partial charge in [-0.3, -0.25) is 34.9 Å². The Bertz CT molecular complexity index is 2660. The van der Waals surface area contributed by atoms with Crippen LogP contribution >= 0.6 is 0 Å². The molecule has 7 heterocycles. The number of piperidine rings is 2. The van der Waals surface area contributed by atoms with Crippen LogP contribution < -0.4 is 25.2 Å². The van der Waals surface area contributed by atoms with Gasteiger partial charge in [-0.1, -0.05) is 0 Å². The van der Waals surface area contributed by atoms with Crippen LogP contribution in [0.3, 0.4) is 0 Å². The van der Waals surface area contributed by atoms with Crippen molar-refractivity contribution >= 4 is 46.1 Å². The summed E-state index contributed by atoms with van der Waals surface area (Å²) in [6, 6.07) is 9.49. The van der Waals surface area contributed by atoms with E-state index >= 15 is 13.2 Å². The molecule has 342 valence electrons. The Morgan fingerprint density at radius 3 is 2.40 bits per heavy atom. The zero-order valence-corrected chi connectivity index (χ0v) is 36.8. The number of aryl methyl sites for hydroxylation is 2. The van der Waals surface area contributed by atoms with E-state index in [0.29, 0.717) is 110 Å². The van der Waals surface area contributed by atoms with Gasteiger partial charge in [-0.2, -0.15) is 5.10 Å². The van der Waals surface area contributed by atoms with Gasteiger partial charge in [0, 0.05) is 94.5 Å². The third kappa shape index (κ3) is 8.30. The normalized spacial score (nSPS) is 23.4. The van der Waals surface area contributed by atoms with Crippen LogP contribution in [0.25, 0.3) is 22.3 Å². The number of carbonyl (C=O) groups excluding carboxylic acids is 3. The van der Waals surface area contributed by atoms with Crippen molar-refractivity contribution < 1.29 is 37.0 Å². The average molecular weight is 895 g/mol. The lowest BCUT2D eigenvalue weighted by Crippen LogP contribution is -2.60. The topological polar surface area (TPSA) is 152 Å². The van der Waals surface area contributed by atoms with Gasteiger partial charge in [0.2, 0.25) is 23.6 Å². The minimum atomic E-state index is -1.05. The largest absolute Gasteiger partial charge is 0.477 e. The van der Waals surface area contributed by atoms with Crippen LogP contribution in [-0.2, 0) is 27.9 Å². The minimum Gasteiger partial charge on any atom is -0.477 e. The molecule has 5 aromatic rings. The fourth-order valence-corrected chi connectivity index (χ4v) is 10.9. The number of ether oxygens (including phenoxy) is 2. The molecule has 3 amide bonds. The van der Waals surface area contributed by atoms with Crippen LogP contribution in [0.15, 0.2) is 42.6 Å². The molecule has 4 fully saturated rings. The van der Waals surface area contributed by atoms with Crippen molar-refractivity contribution in [3.05, 3.63) is 76.9 Å². The number of methoxy groups -OCH3 is 1. The Hall–Kier alpha value is -6.01. The summed E-state index contributed by atoms with van der Waals surface area (Å²) in [6.07, 6.45) is 6.16. The van der Waals surface area contributed by atoms with Crippen molar-refractivity contribution in [3.8, 4) is 17.1 Å². The Labute approximate surface area is 374 Å². The SMILES string of the molecule is COC[C@@H]1CN(c2cc3c(cc2F)nc2n3C[C@@H]3CC[C@H](COc4c(cnn4C)-c4cc(cc(C)n4)C(=O)N2)C3)CCN1C1CCN(c2cc(F)c([C@H]3CCC(=O)NC3=O)c(F)c2)CC1. The summed E-state index contributed by atoms with van der Waals surface area (Å²) in [5, 5.41) is 9.70. The predicted molar refractivity (Wildman–Crippen MR) is 236 cm³/mol. The number of imide groups is 1. The molecule has 2 aromatic carbocycles. The highest BCUT2D eigenvalue weighted by Crippen LogP contribution is 2.39. The fraction of sp³-hybridized carbons (Fsp3) is 0.489. The predicted octanol–water partition coefficient (Wildman–Crippen LogP) is 5.94. The molecule has 3 aromatic heterocycles. The van der Waals surface area contributed by atoms with Gasteiger partial charge in [0.15, 0.2) is 0 Å². The second-order valence-electron chi connectivity index (χ2n) is 18.4. The number of anilines is 3. The molecular formula is C47H53F3N10O5. The molecule has 1 saturated carbocycles. The number of nitrogens with one attached hydrogen (secondary N) is 2. The molecule has 18 heteroatoms. The van der Waals surface area contributed by atoms with E-state index in [1.54, 1.807) is 30.1 Å². The molecule has 4 atom stereocenters. The van der Waals surface area contributed by atoms with Crippen molar-refractivity contribution in [1.29, 1.82) is 0 Å². The molecule has 5 aliphatic rings. The van der Waals surface area contributed by atoms with Crippen molar-refractivity contribution in [2.45, 2.75) is 76.4 Å². The first kappa shape index (κ1) is 42.9. The third-order valence-electron chi connectivity index (χ3n) is 14.1. The Morgan fingerprint density at radius 2 is 1.63 bits per heavy atom. The lowest BCUT2D eigenvalue weighted by Gasteiger charge is -2.48. The Morgan fingerprint density at radius 1 is 0.846 bits per heavy atom. The van der Waals surface area contributed by atoms with Gasteiger partial charge in [-0.05, 0) is 87.6 Å². The number of hydrogen-bond donors (Lipinski definition) is 2. The molecule has 0 spiro atoms. The van der Waals surface area contributed by atoms with E-state index in [0.717, 1.165) is 37.6 Å². The number of fused-ring (bicyclic) bond motifs is 9. The van der Waals surface area contributed by atoms with E-state index in [1.807, 2.05) is 29.5 Å². The summed E-state index contributed by atoms with van der Waals surface area (Å²) in [5.74, 6) is -2.94. The monoisotopic (exact) mass is 894 g/mol. The third-order valence-corrected chi connectivity index (χ3v) is 14.1. The summed E-state index contributed by atoms with van der Waals surface area (Å²) in [4.78, 5) is 54.1. The number of imidazole rings is 1. The zero-order chi connectivity index (χ0) is 45.1. The molecule has 4 bridgehead atoms. The van der Waals surface area contributed by atoms with E-state index in [9.17, 15) is 14.4 Å². The average Bonchev–Trinajstić information content (AvgIpc) is 3.98. The van der Waals surface area contributed by atoms with Gasteiger partial charge < -0.3 is 23.8 Å². The number of amides is 3. The smallest absolute Gasteiger partial charge is 0.258 e. The number of hydrogen-bond acceptors (Lipinski definition) is 11. The molecule has 2 N–H and O–H groups in total. The van der Waals surface area contributed by atoms with Crippen molar-refractivity contribution in [3.63, 3.8) is 0 Å². The number of nitrogens with zero attached hydrogens (tertiary/aromatic N) is 8. The number of halogens is 3. The summed E-state index contributed by atoms with van der Waals surface area (Å²) >= 11 is 0. The van der Waals surface area contributed by atoms with Crippen LogP contribution in [0, 0.1) is 36.2 Å². The first-order valence-electron chi connectivity index (χ1n) is 22.6. The number of piperazine rings is 1. The maximum absolute atomic E-state index is 16.4. The maximum atomic E-state index is 16.4. The second kappa shape index (κ2) is 17.4. The van der Waals surface area contributed by atoms with Crippen LogP contribution in [0.2, 0.25) is 0 Å². The van der Waals surface area contributed by atoms with Gasteiger partial charge >= 0.3 is 0 Å². The van der Waals surface area contributed by atoms with Gasteiger partial charge in [0.1, 0.15) is 17.5 Å². The van der Waals surface area contributed by atoms with Crippen molar-refractivity contribution in [1.82, 2.24) is 34.5 Å². The number of carbonyl (C=O) groups is 3. The zero-order valence-electron chi connectivity index (χ0n) is 36.8. The highest BCUT2D eigenvalue weighted by Gasteiger charge is 2.37. The highest BCUT2D eigenvalue weighted by molar-refractivity contribution is 6.05. The number of pyridine rings is 1. The summed E-state index contributed by atoms with van der Waals surface area (Å²) in [7, 11) is 3.50. The number of rotatable bonds is 6. The molecule has 0 unspecified atom stereocenters. The molecule has 1 aliphatic carbocycles. The number of aromatic nitrogens is 5. The van der Waals surface area contributed by atoms with Crippen LogP contribution in [0.1, 0.15) is 72.5 Å². The van der Waals surface area contributed by atoms with E-state index in [4.69, 9.17) is 19.4 Å². The van der Waals surface area contributed by atoms with Crippen LogP contribution in [0.4, 0.5) is 30.5 Å². The molecular weight excluding hydrogens is 842 g/mol. The molecule has 15 nitrogen and oxygen atoms in total.